The summed E-state index contributed by atoms with van der Waals surface area (Å²) in [6.45, 7) is 2.25. The standard InChI is InChI=1S/C23H21Cl2N5O.CH4/c1-30-11-10-26-22(30)15-3-7-19(8-4-15)27-13-16-2-5-17(24)12-20(16)23(31)29-21-9-6-18(25)14-28-21;/h2-9,12,14,27H,10-11,13H2,1H3,(H,28,29,31);1H4. The summed E-state index contributed by atoms with van der Waals surface area (Å²) in [5.41, 5.74) is 3.34. The van der Waals surface area contributed by atoms with Gasteiger partial charge >= 0.3 is 0 Å². The summed E-state index contributed by atoms with van der Waals surface area (Å²) in [6, 6.07) is 16.7. The number of anilines is 2. The van der Waals surface area contributed by atoms with Crippen molar-refractivity contribution in [2.24, 2.45) is 4.99 Å². The van der Waals surface area contributed by atoms with Crippen LogP contribution >= 0.6 is 23.2 Å². The molecule has 8 heteroatoms. The molecule has 166 valence electrons. The van der Waals surface area contributed by atoms with E-state index in [0.717, 1.165) is 35.7 Å². The van der Waals surface area contributed by atoms with E-state index in [1.807, 2.05) is 37.4 Å². The molecular formula is C24H25Cl2N5O. The number of amides is 1. The van der Waals surface area contributed by atoms with E-state index >= 15 is 0 Å². The molecule has 1 aliphatic rings. The third-order valence-electron chi connectivity index (χ3n) is 4.97. The van der Waals surface area contributed by atoms with Crippen LogP contribution in [0, 0.1) is 0 Å². The van der Waals surface area contributed by atoms with E-state index in [9.17, 15) is 4.79 Å². The quantitative estimate of drug-likeness (QED) is 0.494. The lowest BCUT2D eigenvalue weighted by Crippen LogP contribution is -2.23. The van der Waals surface area contributed by atoms with Crippen LogP contribution in [0.15, 0.2) is 65.8 Å². The lowest BCUT2D eigenvalue weighted by molar-refractivity contribution is 0.102. The number of hydrogen-bond acceptors (Lipinski definition) is 5. The van der Waals surface area contributed by atoms with Crippen LogP contribution in [0.2, 0.25) is 10.0 Å². The van der Waals surface area contributed by atoms with Crippen molar-refractivity contribution in [1.29, 1.82) is 0 Å². The molecule has 32 heavy (non-hydrogen) atoms. The van der Waals surface area contributed by atoms with Gasteiger partial charge in [0.1, 0.15) is 11.7 Å². The first-order valence-electron chi connectivity index (χ1n) is 9.81. The number of amidine groups is 1. The summed E-state index contributed by atoms with van der Waals surface area (Å²) in [5.74, 6) is 1.15. The molecule has 0 fully saturated rings. The Morgan fingerprint density at radius 3 is 2.47 bits per heavy atom. The fourth-order valence-electron chi connectivity index (χ4n) is 3.33. The number of carbonyl (C=O) groups excluding carboxylic acids is 1. The first-order chi connectivity index (χ1) is 15.0. The molecule has 0 spiro atoms. The number of pyridine rings is 1. The van der Waals surface area contributed by atoms with Gasteiger partial charge in [0.25, 0.3) is 5.91 Å². The van der Waals surface area contributed by atoms with Gasteiger partial charge in [-0.15, -0.1) is 0 Å². The van der Waals surface area contributed by atoms with Gasteiger partial charge in [0, 0.05) is 48.2 Å². The lowest BCUT2D eigenvalue weighted by Gasteiger charge is -2.15. The maximum Gasteiger partial charge on any atom is 0.257 e. The number of nitrogens with zero attached hydrogens (tertiary/aromatic N) is 3. The third-order valence-corrected chi connectivity index (χ3v) is 5.43. The van der Waals surface area contributed by atoms with Crippen molar-refractivity contribution < 1.29 is 4.79 Å². The predicted octanol–water partition coefficient (Wildman–Crippen LogP) is 5.58. The second-order valence-corrected chi connectivity index (χ2v) is 8.05. The minimum Gasteiger partial charge on any atom is -0.381 e. The fourth-order valence-corrected chi connectivity index (χ4v) is 3.61. The van der Waals surface area contributed by atoms with Crippen molar-refractivity contribution in [3.8, 4) is 0 Å². The molecule has 2 N–H and O–H groups in total. The summed E-state index contributed by atoms with van der Waals surface area (Å²) in [4.78, 5) is 23.6. The van der Waals surface area contributed by atoms with Gasteiger partial charge in [-0.1, -0.05) is 36.7 Å². The molecule has 4 rings (SSSR count). The zero-order valence-electron chi connectivity index (χ0n) is 16.9. The second-order valence-electron chi connectivity index (χ2n) is 7.18. The molecule has 6 nitrogen and oxygen atoms in total. The van der Waals surface area contributed by atoms with Gasteiger partial charge in [0.2, 0.25) is 0 Å². The van der Waals surface area contributed by atoms with Crippen LogP contribution < -0.4 is 10.6 Å². The summed E-state index contributed by atoms with van der Waals surface area (Å²) in [6.07, 6.45) is 1.48. The number of rotatable bonds is 6. The van der Waals surface area contributed by atoms with Crippen LogP contribution in [-0.4, -0.2) is 41.8 Å². The van der Waals surface area contributed by atoms with E-state index in [1.54, 1.807) is 24.3 Å². The minimum absolute atomic E-state index is 0. The Morgan fingerprint density at radius 1 is 1.06 bits per heavy atom. The van der Waals surface area contributed by atoms with Gasteiger partial charge in [0.05, 0.1) is 11.6 Å². The first-order valence-corrected chi connectivity index (χ1v) is 10.6. The SMILES string of the molecule is C.CN1CCN=C1c1ccc(NCc2ccc(Cl)cc2C(=O)Nc2ccc(Cl)cn2)cc1. The van der Waals surface area contributed by atoms with Crippen LogP contribution in [0.25, 0.3) is 0 Å². The molecule has 0 saturated carbocycles. The number of halogens is 2. The normalized spacial score (nSPS) is 12.7. The lowest BCUT2D eigenvalue weighted by atomic mass is 10.1. The highest BCUT2D eigenvalue weighted by Gasteiger charge is 2.15. The van der Waals surface area contributed by atoms with Crippen LogP contribution in [-0.2, 0) is 6.54 Å². The summed E-state index contributed by atoms with van der Waals surface area (Å²) in [5, 5.41) is 7.14. The van der Waals surface area contributed by atoms with E-state index in [2.05, 4.69) is 25.5 Å². The molecule has 1 aromatic heterocycles. The smallest absolute Gasteiger partial charge is 0.257 e. The molecule has 0 radical (unpaired) electrons. The largest absolute Gasteiger partial charge is 0.381 e. The van der Waals surface area contributed by atoms with Crippen LogP contribution in [0.5, 0.6) is 0 Å². The maximum atomic E-state index is 12.8. The molecule has 0 atom stereocenters. The monoisotopic (exact) mass is 469 g/mol. The predicted molar refractivity (Wildman–Crippen MR) is 133 cm³/mol. The van der Waals surface area contributed by atoms with Crippen molar-refractivity contribution in [2.45, 2.75) is 14.0 Å². The van der Waals surface area contributed by atoms with E-state index in [0.29, 0.717) is 28.0 Å². The molecule has 0 saturated heterocycles. The molecular weight excluding hydrogens is 445 g/mol. The second kappa shape index (κ2) is 10.5. The van der Waals surface area contributed by atoms with Crippen molar-refractivity contribution >= 4 is 46.4 Å². The van der Waals surface area contributed by atoms with Crippen LogP contribution in [0.4, 0.5) is 11.5 Å². The number of benzene rings is 2. The van der Waals surface area contributed by atoms with Crippen LogP contribution in [0.3, 0.4) is 0 Å². The van der Waals surface area contributed by atoms with Crippen LogP contribution in [0.1, 0.15) is 28.9 Å². The molecule has 0 unspecified atom stereocenters. The Kier molecular flexibility index (Phi) is 7.72. The van der Waals surface area contributed by atoms with Gasteiger partial charge in [-0.2, -0.15) is 0 Å². The Bertz CT molecular complexity index is 1110. The molecule has 1 amide bonds. The number of aromatic nitrogens is 1. The van der Waals surface area contributed by atoms with Gasteiger partial charge in [-0.3, -0.25) is 9.79 Å². The van der Waals surface area contributed by atoms with Crippen molar-refractivity contribution in [3.05, 3.63) is 87.5 Å². The highest BCUT2D eigenvalue weighted by molar-refractivity contribution is 6.31. The summed E-state index contributed by atoms with van der Waals surface area (Å²) in [7, 11) is 2.05. The Labute approximate surface area is 198 Å². The zero-order valence-corrected chi connectivity index (χ0v) is 18.4. The average molecular weight is 470 g/mol. The minimum atomic E-state index is -0.285. The molecule has 0 aliphatic carbocycles. The first kappa shape index (κ1) is 23.6. The zero-order chi connectivity index (χ0) is 21.8. The van der Waals surface area contributed by atoms with Gasteiger partial charge in [-0.05, 0) is 54.1 Å². The highest BCUT2D eigenvalue weighted by Crippen LogP contribution is 2.20. The Morgan fingerprint density at radius 2 is 1.81 bits per heavy atom. The van der Waals surface area contributed by atoms with Gasteiger partial charge < -0.3 is 15.5 Å². The topological polar surface area (TPSA) is 69.6 Å². The number of carbonyl (C=O) groups is 1. The molecule has 0 bridgehead atoms. The molecule has 2 heterocycles. The maximum absolute atomic E-state index is 12.8. The van der Waals surface area contributed by atoms with E-state index in [-0.39, 0.29) is 13.3 Å². The van der Waals surface area contributed by atoms with Gasteiger partial charge in [0.15, 0.2) is 0 Å². The number of hydrogen-bond donors (Lipinski definition) is 2. The van der Waals surface area contributed by atoms with Crippen molar-refractivity contribution in [2.75, 3.05) is 30.8 Å². The van der Waals surface area contributed by atoms with E-state index < -0.39 is 0 Å². The third kappa shape index (κ3) is 5.58. The number of nitrogens with one attached hydrogen (secondary N) is 2. The highest BCUT2D eigenvalue weighted by atomic mass is 35.5. The molecule has 1 aliphatic heterocycles. The molecule has 2 aromatic carbocycles. The Balaban J connectivity index is 0.00000289. The van der Waals surface area contributed by atoms with E-state index in [4.69, 9.17) is 23.2 Å². The summed E-state index contributed by atoms with van der Waals surface area (Å²) >= 11 is 12.0. The molecule has 3 aromatic rings. The fraction of sp³-hybridized carbons (Fsp3) is 0.208. The average Bonchev–Trinajstić information content (AvgIpc) is 3.20. The Hall–Kier alpha value is -3.09. The van der Waals surface area contributed by atoms with E-state index in [1.165, 1.54) is 6.20 Å². The van der Waals surface area contributed by atoms with Crippen molar-refractivity contribution in [1.82, 2.24) is 9.88 Å². The number of aliphatic imine (C=N–C) groups is 1. The number of likely N-dealkylation sites (N-methyl/N-ethyl adjacent to an activating group) is 1. The summed E-state index contributed by atoms with van der Waals surface area (Å²) < 4.78 is 0. The van der Waals surface area contributed by atoms with Crippen molar-refractivity contribution in [3.63, 3.8) is 0 Å². The van der Waals surface area contributed by atoms with Gasteiger partial charge in [-0.25, -0.2) is 4.98 Å².